The third kappa shape index (κ3) is 3.45. The van der Waals surface area contributed by atoms with Crippen molar-refractivity contribution in [3.8, 4) is 5.75 Å². The fourth-order valence-corrected chi connectivity index (χ4v) is 1.70. The van der Waals surface area contributed by atoms with Crippen LogP contribution in [0.15, 0.2) is 36.5 Å². The SMILES string of the molecule is O=C(O)CCCCOc1cnc2ccccc2c1. The molecule has 4 heteroatoms. The highest BCUT2D eigenvalue weighted by atomic mass is 16.5. The van der Waals surface area contributed by atoms with E-state index in [9.17, 15) is 4.79 Å². The normalized spacial score (nSPS) is 10.4. The first-order valence-electron chi connectivity index (χ1n) is 5.95. The van der Waals surface area contributed by atoms with Gasteiger partial charge in [-0.1, -0.05) is 18.2 Å². The van der Waals surface area contributed by atoms with Crippen LogP contribution in [0.25, 0.3) is 10.9 Å². The number of nitrogens with zero attached hydrogens (tertiary/aromatic N) is 1. The minimum atomic E-state index is -0.762. The third-order valence-corrected chi connectivity index (χ3v) is 2.62. The zero-order valence-electron chi connectivity index (χ0n) is 10.0. The first kappa shape index (κ1) is 12.4. The summed E-state index contributed by atoms with van der Waals surface area (Å²) < 4.78 is 5.54. The summed E-state index contributed by atoms with van der Waals surface area (Å²) in [6.07, 6.45) is 3.26. The van der Waals surface area contributed by atoms with Crippen molar-refractivity contribution in [2.24, 2.45) is 0 Å². The van der Waals surface area contributed by atoms with E-state index in [4.69, 9.17) is 9.84 Å². The van der Waals surface area contributed by atoms with Crippen molar-refractivity contribution < 1.29 is 14.6 Å². The van der Waals surface area contributed by atoms with Gasteiger partial charge in [0.1, 0.15) is 5.75 Å². The lowest BCUT2D eigenvalue weighted by Crippen LogP contribution is -2.00. The largest absolute Gasteiger partial charge is 0.492 e. The van der Waals surface area contributed by atoms with Crippen molar-refractivity contribution in [2.75, 3.05) is 6.61 Å². The molecule has 0 radical (unpaired) electrons. The molecule has 94 valence electrons. The van der Waals surface area contributed by atoms with Crippen LogP contribution in [0.4, 0.5) is 0 Å². The molecule has 0 aliphatic rings. The van der Waals surface area contributed by atoms with E-state index in [2.05, 4.69) is 4.98 Å². The third-order valence-electron chi connectivity index (χ3n) is 2.62. The van der Waals surface area contributed by atoms with Crippen molar-refractivity contribution >= 4 is 16.9 Å². The van der Waals surface area contributed by atoms with Crippen LogP contribution >= 0.6 is 0 Å². The van der Waals surface area contributed by atoms with Crippen LogP contribution in [0.2, 0.25) is 0 Å². The molecule has 1 aromatic carbocycles. The van der Waals surface area contributed by atoms with E-state index in [-0.39, 0.29) is 6.42 Å². The highest BCUT2D eigenvalue weighted by molar-refractivity contribution is 5.79. The van der Waals surface area contributed by atoms with E-state index in [1.54, 1.807) is 6.20 Å². The Hall–Kier alpha value is -2.10. The fraction of sp³-hybridized carbons (Fsp3) is 0.286. The number of carboxylic acids is 1. The monoisotopic (exact) mass is 245 g/mol. The van der Waals surface area contributed by atoms with E-state index in [1.807, 2.05) is 30.3 Å². The summed E-state index contributed by atoms with van der Waals surface area (Å²) in [6, 6.07) is 9.79. The summed E-state index contributed by atoms with van der Waals surface area (Å²) in [5, 5.41) is 9.54. The Labute approximate surface area is 105 Å². The minimum absolute atomic E-state index is 0.194. The molecule has 4 nitrogen and oxygen atoms in total. The average Bonchev–Trinajstić information content (AvgIpc) is 2.38. The Morgan fingerprint density at radius 1 is 1.28 bits per heavy atom. The van der Waals surface area contributed by atoms with Gasteiger partial charge in [-0.2, -0.15) is 0 Å². The maximum atomic E-state index is 10.3. The van der Waals surface area contributed by atoms with Crippen LogP contribution in [0.1, 0.15) is 19.3 Å². The van der Waals surface area contributed by atoms with Crippen LogP contribution in [0, 0.1) is 0 Å². The number of rotatable bonds is 6. The van der Waals surface area contributed by atoms with E-state index in [0.717, 1.165) is 23.1 Å². The van der Waals surface area contributed by atoms with E-state index >= 15 is 0 Å². The minimum Gasteiger partial charge on any atom is -0.492 e. The predicted molar refractivity (Wildman–Crippen MR) is 68.7 cm³/mol. The Morgan fingerprint density at radius 3 is 2.94 bits per heavy atom. The van der Waals surface area contributed by atoms with E-state index in [0.29, 0.717) is 13.0 Å². The van der Waals surface area contributed by atoms with Crippen molar-refractivity contribution in [1.82, 2.24) is 4.98 Å². The van der Waals surface area contributed by atoms with Crippen LogP contribution in [-0.2, 0) is 4.79 Å². The molecule has 0 amide bonds. The first-order chi connectivity index (χ1) is 8.75. The number of carbonyl (C=O) groups is 1. The lowest BCUT2D eigenvalue weighted by molar-refractivity contribution is -0.137. The number of hydrogen-bond acceptors (Lipinski definition) is 3. The van der Waals surface area contributed by atoms with E-state index in [1.165, 1.54) is 0 Å². The molecule has 0 bridgehead atoms. The van der Waals surface area contributed by atoms with Gasteiger partial charge in [-0.25, -0.2) is 0 Å². The lowest BCUT2D eigenvalue weighted by atomic mass is 10.2. The second-order valence-corrected chi connectivity index (χ2v) is 4.06. The summed E-state index contributed by atoms with van der Waals surface area (Å²) in [6.45, 7) is 0.521. The molecule has 2 rings (SSSR count). The molecular formula is C14H15NO3. The number of benzene rings is 1. The molecule has 0 spiro atoms. The molecule has 18 heavy (non-hydrogen) atoms. The summed E-state index contributed by atoms with van der Waals surface area (Å²) >= 11 is 0. The van der Waals surface area contributed by atoms with Gasteiger partial charge >= 0.3 is 5.97 Å². The number of aromatic nitrogens is 1. The Kier molecular flexibility index (Phi) is 4.12. The fourth-order valence-electron chi connectivity index (χ4n) is 1.70. The molecule has 1 heterocycles. The molecule has 2 aromatic rings. The molecule has 0 unspecified atom stereocenters. The van der Waals surface area contributed by atoms with Crippen molar-refractivity contribution in [3.63, 3.8) is 0 Å². The molecule has 1 N–H and O–H groups in total. The van der Waals surface area contributed by atoms with Crippen LogP contribution in [-0.4, -0.2) is 22.7 Å². The van der Waals surface area contributed by atoms with Gasteiger partial charge in [0.05, 0.1) is 18.3 Å². The topological polar surface area (TPSA) is 59.4 Å². The highest BCUT2D eigenvalue weighted by Crippen LogP contribution is 2.18. The van der Waals surface area contributed by atoms with Gasteiger partial charge in [-0.3, -0.25) is 9.78 Å². The van der Waals surface area contributed by atoms with Gasteiger partial charge in [0, 0.05) is 11.8 Å². The smallest absolute Gasteiger partial charge is 0.303 e. The standard InChI is InChI=1S/C14H15NO3/c16-14(17)7-3-4-8-18-12-9-11-5-1-2-6-13(11)15-10-12/h1-2,5-6,9-10H,3-4,7-8H2,(H,16,17). The number of fused-ring (bicyclic) bond motifs is 1. The molecule has 1 aromatic heterocycles. The Morgan fingerprint density at radius 2 is 2.11 bits per heavy atom. The number of pyridine rings is 1. The predicted octanol–water partition coefficient (Wildman–Crippen LogP) is 2.87. The van der Waals surface area contributed by atoms with Crippen LogP contribution in [0.3, 0.4) is 0 Å². The first-order valence-corrected chi connectivity index (χ1v) is 5.95. The average molecular weight is 245 g/mol. The van der Waals surface area contributed by atoms with Crippen molar-refractivity contribution in [1.29, 1.82) is 0 Å². The van der Waals surface area contributed by atoms with Crippen LogP contribution in [0.5, 0.6) is 5.75 Å². The van der Waals surface area contributed by atoms with Gasteiger partial charge in [-0.05, 0) is 25.0 Å². The summed E-state index contributed by atoms with van der Waals surface area (Å²) in [5.74, 6) is -0.0357. The molecule has 0 atom stereocenters. The van der Waals surface area contributed by atoms with Gasteiger partial charge in [0.25, 0.3) is 0 Å². The van der Waals surface area contributed by atoms with Crippen molar-refractivity contribution in [3.05, 3.63) is 36.5 Å². The van der Waals surface area contributed by atoms with Crippen molar-refractivity contribution in [2.45, 2.75) is 19.3 Å². The maximum absolute atomic E-state index is 10.3. The molecule has 0 fully saturated rings. The molecule has 0 saturated carbocycles. The van der Waals surface area contributed by atoms with Gasteiger partial charge < -0.3 is 9.84 Å². The zero-order valence-corrected chi connectivity index (χ0v) is 10.0. The van der Waals surface area contributed by atoms with Crippen LogP contribution < -0.4 is 4.74 Å². The van der Waals surface area contributed by atoms with Gasteiger partial charge in [-0.15, -0.1) is 0 Å². The van der Waals surface area contributed by atoms with Gasteiger partial charge in [0.15, 0.2) is 0 Å². The quantitative estimate of drug-likeness (QED) is 0.795. The second-order valence-electron chi connectivity index (χ2n) is 4.06. The number of aliphatic carboxylic acids is 1. The highest BCUT2D eigenvalue weighted by Gasteiger charge is 1.99. The number of ether oxygens (including phenoxy) is 1. The molecule has 0 aliphatic heterocycles. The number of carboxylic acid groups (broad SMARTS) is 1. The molecular weight excluding hydrogens is 230 g/mol. The summed E-state index contributed by atoms with van der Waals surface area (Å²) in [4.78, 5) is 14.6. The summed E-state index contributed by atoms with van der Waals surface area (Å²) in [7, 11) is 0. The van der Waals surface area contributed by atoms with E-state index < -0.39 is 5.97 Å². The number of para-hydroxylation sites is 1. The molecule has 0 saturated heterocycles. The number of unbranched alkanes of at least 4 members (excludes halogenated alkanes) is 1. The van der Waals surface area contributed by atoms with Gasteiger partial charge in [0.2, 0.25) is 0 Å². The Balaban J connectivity index is 1.86. The molecule has 0 aliphatic carbocycles. The summed E-state index contributed by atoms with van der Waals surface area (Å²) in [5.41, 5.74) is 0.940. The zero-order chi connectivity index (χ0) is 12.8. The second kappa shape index (κ2) is 6.00. The lowest BCUT2D eigenvalue weighted by Gasteiger charge is -2.06. The maximum Gasteiger partial charge on any atom is 0.303 e. The Bertz CT molecular complexity index is 539. The number of hydrogen-bond donors (Lipinski definition) is 1.